The summed E-state index contributed by atoms with van der Waals surface area (Å²) >= 11 is 0. The molecule has 3 heteroatoms. The van der Waals surface area contributed by atoms with Gasteiger partial charge in [-0.2, -0.15) is 0 Å². The quantitative estimate of drug-likeness (QED) is 0.656. The van der Waals surface area contributed by atoms with Crippen LogP contribution in [0.4, 0.5) is 0 Å². The van der Waals surface area contributed by atoms with Gasteiger partial charge in [-0.3, -0.25) is 4.90 Å². The van der Waals surface area contributed by atoms with Gasteiger partial charge in [-0.1, -0.05) is 12.8 Å². The van der Waals surface area contributed by atoms with E-state index < -0.39 is 0 Å². The monoisotopic (exact) mass is 226 g/mol. The summed E-state index contributed by atoms with van der Waals surface area (Å²) in [6, 6.07) is 1.62. The topological polar surface area (TPSA) is 35.5 Å². The molecule has 0 aliphatic heterocycles. The molecule has 2 aliphatic rings. The van der Waals surface area contributed by atoms with Crippen molar-refractivity contribution in [3.63, 3.8) is 0 Å². The third-order valence-electron chi connectivity index (χ3n) is 4.13. The summed E-state index contributed by atoms with van der Waals surface area (Å²) < 4.78 is 0. The van der Waals surface area contributed by atoms with E-state index in [0.717, 1.165) is 31.6 Å². The number of rotatable bonds is 8. The molecule has 2 rings (SSSR count). The van der Waals surface area contributed by atoms with Gasteiger partial charge in [0, 0.05) is 38.3 Å². The molecule has 0 amide bonds. The van der Waals surface area contributed by atoms with Crippen LogP contribution < -0.4 is 5.32 Å². The van der Waals surface area contributed by atoms with Crippen LogP contribution in [-0.2, 0) is 0 Å². The highest BCUT2D eigenvalue weighted by molar-refractivity contribution is 4.82. The van der Waals surface area contributed by atoms with Gasteiger partial charge in [0.05, 0.1) is 0 Å². The minimum Gasteiger partial charge on any atom is -0.396 e. The van der Waals surface area contributed by atoms with Gasteiger partial charge in [0.2, 0.25) is 0 Å². The molecule has 0 atom stereocenters. The Kier molecular flexibility index (Phi) is 5.07. The molecule has 0 spiro atoms. The van der Waals surface area contributed by atoms with Gasteiger partial charge >= 0.3 is 0 Å². The van der Waals surface area contributed by atoms with E-state index >= 15 is 0 Å². The Labute approximate surface area is 99.2 Å². The Morgan fingerprint density at radius 1 is 1.06 bits per heavy atom. The van der Waals surface area contributed by atoms with E-state index in [4.69, 9.17) is 5.11 Å². The molecular weight excluding hydrogens is 200 g/mol. The van der Waals surface area contributed by atoms with Crippen LogP contribution in [0.15, 0.2) is 0 Å². The number of nitrogens with one attached hydrogen (secondary N) is 1. The lowest BCUT2D eigenvalue weighted by molar-refractivity contribution is 0.115. The van der Waals surface area contributed by atoms with Crippen LogP contribution in [0.2, 0.25) is 0 Å². The molecular formula is C13H26N2O. The van der Waals surface area contributed by atoms with E-state index in [9.17, 15) is 0 Å². The maximum atomic E-state index is 8.91. The van der Waals surface area contributed by atoms with Crippen LogP contribution in [0.3, 0.4) is 0 Å². The van der Waals surface area contributed by atoms with E-state index in [1.165, 1.54) is 45.1 Å². The highest BCUT2D eigenvalue weighted by atomic mass is 16.3. The maximum Gasteiger partial charge on any atom is 0.0443 e. The van der Waals surface area contributed by atoms with E-state index in [1.54, 1.807) is 0 Å². The zero-order chi connectivity index (χ0) is 11.2. The maximum absolute atomic E-state index is 8.91. The molecule has 0 aromatic rings. The van der Waals surface area contributed by atoms with Crippen LogP contribution in [0.1, 0.15) is 44.9 Å². The summed E-state index contributed by atoms with van der Waals surface area (Å²) in [5.74, 6) is 0. The van der Waals surface area contributed by atoms with Crippen molar-refractivity contribution in [2.75, 3.05) is 26.2 Å². The number of hydrogen-bond donors (Lipinski definition) is 2. The van der Waals surface area contributed by atoms with Gasteiger partial charge in [0.1, 0.15) is 0 Å². The average Bonchev–Trinajstić information content (AvgIpc) is 2.14. The second-order valence-electron chi connectivity index (χ2n) is 5.28. The molecule has 0 radical (unpaired) electrons. The first-order valence-corrected chi connectivity index (χ1v) is 6.98. The van der Waals surface area contributed by atoms with Crippen molar-refractivity contribution in [2.45, 2.75) is 57.0 Å². The van der Waals surface area contributed by atoms with Crippen LogP contribution in [-0.4, -0.2) is 48.3 Å². The summed E-state index contributed by atoms with van der Waals surface area (Å²) in [6.45, 7) is 3.71. The lowest BCUT2D eigenvalue weighted by atomic mass is 9.91. The summed E-state index contributed by atoms with van der Waals surface area (Å²) in [4.78, 5) is 2.57. The molecule has 0 heterocycles. The minimum atomic E-state index is 0.333. The number of aliphatic hydroxyl groups is 1. The van der Waals surface area contributed by atoms with Crippen LogP contribution in [0.5, 0.6) is 0 Å². The number of hydrogen-bond acceptors (Lipinski definition) is 3. The summed E-state index contributed by atoms with van der Waals surface area (Å²) in [7, 11) is 0. The van der Waals surface area contributed by atoms with Crippen molar-refractivity contribution in [2.24, 2.45) is 0 Å². The van der Waals surface area contributed by atoms with Gasteiger partial charge in [-0.05, 0) is 32.1 Å². The minimum absolute atomic E-state index is 0.333. The molecule has 2 saturated carbocycles. The molecule has 2 aliphatic carbocycles. The predicted octanol–water partition coefficient (Wildman–Crippen LogP) is 1.37. The normalized spacial score (nSPS) is 22.1. The van der Waals surface area contributed by atoms with Crippen molar-refractivity contribution < 1.29 is 5.11 Å². The van der Waals surface area contributed by atoms with Crippen molar-refractivity contribution in [1.29, 1.82) is 0 Å². The van der Waals surface area contributed by atoms with Crippen molar-refractivity contribution in [3.05, 3.63) is 0 Å². The molecule has 94 valence electrons. The van der Waals surface area contributed by atoms with Gasteiger partial charge in [-0.15, -0.1) is 0 Å². The summed E-state index contributed by atoms with van der Waals surface area (Å²) in [5.41, 5.74) is 0. The van der Waals surface area contributed by atoms with Gasteiger partial charge < -0.3 is 10.4 Å². The third-order valence-corrected chi connectivity index (χ3v) is 4.13. The third kappa shape index (κ3) is 3.44. The molecule has 0 aromatic heterocycles. The fourth-order valence-electron chi connectivity index (χ4n) is 2.53. The van der Waals surface area contributed by atoms with E-state index in [2.05, 4.69) is 10.2 Å². The van der Waals surface area contributed by atoms with E-state index in [0.29, 0.717) is 6.61 Å². The molecule has 3 nitrogen and oxygen atoms in total. The standard InChI is InChI=1S/C13H26N2O/c16-11-3-9-15(13-6-2-7-13)10-8-14-12-4-1-5-12/h12-14,16H,1-11H2. The van der Waals surface area contributed by atoms with Gasteiger partial charge in [0.25, 0.3) is 0 Å². The van der Waals surface area contributed by atoms with Crippen molar-refractivity contribution >= 4 is 0 Å². The zero-order valence-electron chi connectivity index (χ0n) is 10.3. The lowest BCUT2D eigenvalue weighted by Crippen LogP contribution is -2.46. The molecule has 2 fully saturated rings. The zero-order valence-corrected chi connectivity index (χ0v) is 10.3. The van der Waals surface area contributed by atoms with Crippen LogP contribution in [0.25, 0.3) is 0 Å². The number of aliphatic hydroxyl groups excluding tert-OH is 1. The first-order valence-electron chi connectivity index (χ1n) is 6.98. The summed E-state index contributed by atoms with van der Waals surface area (Å²) in [6.07, 6.45) is 9.23. The second-order valence-corrected chi connectivity index (χ2v) is 5.28. The predicted molar refractivity (Wildman–Crippen MR) is 66.6 cm³/mol. The van der Waals surface area contributed by atoms with Gasteiger partial charge in [0.15, 0.2) is 0 Å². The molecule has 16 heavy (non-hydrogen) atoms. The van der Waals surface area contributed by atoms with Gasteiger partial charge in [-0.25, -0.2) is 0 Å². The molecule has 0 aromatic carbocycles. The van der Waals surface area contributed by atoms with Crippen molar-refractivity contribution in [3.8, 4) is 0 Å². The Hall–Kier alpha value is -0.120. The van der Waals surface area contributed by atoms with Crippen LogP contribution in [0, 0.1) is 0 Å². The fraction of sp³-hybridized carbons (Fsp3) is 1.00. The first kappa shape index (κ1) is 12.3. The van der Waals surface area contributed by atoms with E-state index in [1.807, 2.05) is 0 Å². The highest BCUT2D eigenvalue weighted by Crippen LogP contribution is 2.24. The molecule has 0 saturated heterocycles. The smallest absolute Gasteiger partial charge is 0.0443 e. The second kappa shape index (κ2) is 6.58. The fourth-order valence-corrected chi connectivity index (χ4v) is 2.53. The SMILES string of the molecule is OCCCN(CCNC1CCC1)C1CCC1. The molecule has 2 N–H and O–H groups in total. The van der Waals surface area contributed by atoms with Crippen molar-refractivity contribution in [1.82, 2.24) is 10.2 Å². The average molecular weight is 226 g/mol. The van der Waals surface area contributed by atoms with Crippen LogP contribution >= 0.6 is 0 Å². The largest absolute Gasteiger partial charge is 0.396 e. The van der Waals surface area contributed by atoms with E-state index in [-0.39, 0.29) is 0 Å². The first-order chi connectivity index (χ1) is 7.90. The molecule has 0 bridgehead atoms. The lowest BCUT2D eigenvalue weighted by Gasteiger charge is -2.38. The Morgan fingerprint density at radius 3 is 2.31 bits per heavy atom. The summed E-state index contributed by atoms with van der Waals surface area (Å²) in [5, 5.41) is 12.5. The molecule has 0 unspecified atom stereocenters. The number of nitrogens with zero attached hydrogens (tertiary/aromatic N) is 1. The Morgan fingerprint density at radius 2 is 1.81 bits per heavy atom. The highest BCUT2D eigenvalue weighted by Gasteiger charge is 2.24. The Balaban J connectivity index is 1.60. The Bertz CT molecular complexity index is 190.